The Bertz CT molecular complexity index is 870. The van der Waals surface area contributed by atoms with Crippen molar-refractivity contribution in [2.75, 3.05) is 26.7 Å². The Labute approximate surface area is 178 Å². The molecular formula is C23H31N5O2. The van der Waals surface area contributed by atoms with Crippen LogP contribution in [0.4, 0.5) is 0 Å². The third-order valence-electron chi connectivity index (χ3n) is 7.29. The van der Waals surface area contributed by atoms with E-state index in [0.29, 0.717) is 30.2 Å². The van der Waals surface area contributed by atoms with E-state index in [1.807, 2.05) is 6.07 Å². The summed E-state index contributed by atoms with van der Waals surface area (Å²) in [6.07, 6.45) is 8.63. The van der Waals surface area contributed by atoms with Crippen molar-refractivity contribution in [2.24, 2.45) is 11.8 Å². The van der Waals surface area contributed by atoms with E-state index in [0.717, 1.165) is 51.2 Å². The number of carbonyl (C=O) groups is 1. The lowest BCUT2D eigenvalue weighted by Crippen LogP contribution is -2.65. The number of nitrogens with zero attached hydrogens (tertiary/aromatic N) is 5. The van der Waals surface area contributed by atoms with E-state index >= 15 is 0 Å². The van der Waals surface area contributed by atoms with Gasteiger partial charge in [-0.25, -0.2) is 0 Å². The largest absolute Gasteiger partial charge is 0.497 e. The second kappa shape index (κ2) is 8.38. The van der Waals surface area contributed by atoms with Crippen LogP contribution in [0.3, 0.4) is 0 Å². The summed E-state index contributed by atoms with van der Waals surface area (Å²) in [6, 6.07) is 9.02. The zero-order valence-corrected chi connectivity index (χ0v) is 17.7. The molecule has 0 radical (unpaired) electrons. The topological polar surface area (TPSA) is 63.5 Å². The van der Waals surface area contributed by atoms with Crippen molar-refractivity contribution in [1.82, 2.24) is 24.6 Å². The molecule has 0 N–H and O–H groups in total. The molecule has 2 aromatic rings. The zero-order valence-electron chi connectivity index (χ0n) is 17.7. The number of likely N-dealkylation sites (tertiary alicyclic amines) is 1. The van der Waals surface area contributed by atoms with Gasteiger partial charge in [-0.1, -0.05) is 12.1 Å². The highest BCUT2D eigenvalue weighted by atomic mass is 16.5. The first-order valence-corrected chi connectivity index (χ1v) is 11.2. The SMILES string of the molecule is COc1cccc(C[C@H]2[C@H]3C[C@H](CN(CCn4cnnc4)C3)[C@@H]3CCCC(=O)N32)c1. The maximum absolute atomic E-state index is 13.0. The number of ether oxygens (including phenoxy) is 1. The molecule has 0 unspecified atom stereocenters. The van der Waals surface area contributed by atoms with Gasteiger partial charge < -0.3 is 19.1 Å². The number of carbonyl (C=O) groups excluding carboxylic acids is 1. The van der Waals surface area contributed by atoms with Crippen LogP contribution >= 0.6 is 0 Å². The normalized spacial score (nSPS) is 29.0. The van der Waals surface area contributed by atoms with Crippen LogP contribution in [-0.4, -0.2) is 69.3 Å². The summed E-state index contributed by atoms with van der Waals surface area (Å²) in [5.74, 6) is 2.37. The van der Waals surface area contributed by atoms with Crippen LogP contribution in [0.25, 0.3) is 0 Å². The second-order valence-corrected chi connectivity index (χ2v) is 9.10. The lowest BCUT2D eigenvalue weighted by atomic mass is 9.71. The molecule has 7 heteroatoms. The minimum Gasteiger partial charge on any atom is -0.497 e. The molecule has 3 aliphatic rings. The molecule has 5 rings (SSSR count). The van der Waals surface area contributed by atoms with Crippen molar-refractivity contribution >= 4 is 5.91 Å². The summed E-state index contributed by atoms with van der Waals surface area (Å²) >= 11 is 0. The fourth-order valence-electron chi connectivity index (χ4n) is 5.95. The Morgan fingerprint density at radius 2 is 1.97 bits per heavy atom. The quantitative estimate of drug-likeness (QED) is 0.732. The Morgan fingerprint density at radius 1 is 1.13 bits per heavy atom. The summed E-state index contributed by atoms with van der Waals surface area (Å²) in [6.45, 7) is 4.08. The van der Waals surface area contributed by atoms with Gasteiger partial charge in [0.1, 0.15) is 18.4 Å². The maximum atomic E-state index is 13.0. The number of hydrogen-bond donors (Lipinski definition) is 0. The van der Waals surface area contributed by atoms with Crippen LogP contribution in [0, 0.1) is 11.8 Å². The van der Waals surface area contributed by atoms with Crippen molar-refractivity contribution in [3.8, 4) is 5.75 Å². The first-order chi connectivity index (χ1) is 14.7. The van der Waals surface area contributed by atoms with Gasteiger partial charge in [0.05, 0.1) is 7.11 Å². The monoisotopic (exact) mass is 409 g/mol. The Balaban J connectivity index is 1.37. The Morgan fingerprint density at radius 3 is 2.80 bits per heavy atom. The fraction of sp³-hybridized carbons (Fsp3) is 0.609. The average molecular weight is 410 g/mol. The summed E-state index contributed by atoms with van der Waals surface area (Å²) in [5.41, 5.74) is 1.26. The van der Waals surface area contributed by atoms with Crippen LogP contribution in [0.2, 0.25) is 0 Å². The van der Waals surface area contributed by atoms with E-state index in [1.165, 1.54) is 12.0 Å². The average Bonchev–Trinajstić information content (AvgIpc) is 3.29. The van der Waals surface area contributed by atoms with Crippen molar-refractivity contribution < 1.29 is 9.53 Å². The van der Waals surface area contributed by atoms with Crippen molar-refractivity contribution in [3.63, 3.8) is 0 Å². The van der Waals surface area contributed by atoms with Crippen molar-refractivity contribution in [3.05, 3.63) is 42.5 Å². The molecule has 0 spiro atoms. The molecule has 160 valence electrons. The van der Waals surface area contributed by atoms with Crippen molar-refractivity contribution in [2.45, 2.75) is 50.7 Å². The molecule has 1 aromatic heterocycles. The lowest BCUT2D eigenvalue weighted by molar-refractivity contribution is -0.152. The van der Waals surface area contributed by atoms with Gasteiger partial charge >= 0.3 is 0 Å². The molecule has 1 aromatic carbocycles. The Kier molecular flexibility index (Phi) is 5.46. The van der Waals surface area contributed by atoms with E-state index in [4.69, 9.17) is 4.74 Å². The van der Waals surface area contributed by atoms with Gasteiger partial charge in [0.15, 0.2) is 0 Å². The predicted octanol–water partition coefficient (Wildman–Crippen LogP) is 2.23. The summed E-state index contributed by atoms with van der Waals surface area (Å²) in [5, 5.41) is 7.84. The maximum Gasteiger partial charge on any atom is 0.223 e. The predicted molar refractivity (Wildman–Crippen MR) is 113 cm³/mol. The molecular weight excluding hydrogens is 378 g/mol. The highest BCUT2D eigenvalue weighted by molar-refractivity contribution is 5.78. The number of aromatic nitrogens is 3. The fourth-order valence-corrected chi connectivity index (χ4v) is 5.95. The summed E-state index contributed by atoms with van der Waals surface area (Å²) in [7, 11) is 1.71. The van der Waals surface area contributed by atoms with Gasteiger partial charge in [0.25, 0.3) is 0 Å². The summed E-state index contributed by atoms with van der Waals surface area (Å²) < 4.78 is 7.49. The van der Waals surface area contributed by atoms with Crippen LogP contribution in [0.15, 0.2) is 36.9 Å². The van der Waals surface area contributed by atoms with Crippen molar-refractivity contribution in [1.29, 1.82) is 0 Å². The van der Waals surface area contributed by atoms with E-state index in [2.05, 4.69) is 42.8 Å². The number of amides is 1. The number of rotatable bonds is 6. The van der Waals surface area contributed by atoms with E-state index in [1.54, 1.807) is 19.8 Å². The van der Waals surface area contributed by atoms with Crippen LogP contribution in [0.1, 0.15) is 31.2 Å². The van der Waals surface area contributed by atoms with Gasteiger partial charge in [-0.15, -0.1) is 10.2 Å². The Hall–Kier alpha value is -2.41. The first kappa shape index (κ1) is 19.5. The van der Waals surface area contributed by atoms with Gasteiger partial charge in [0, 0.05) is 44.7 Å². The highest BCUT2D eigenvalue weighted by Gasteiger charge is 2.49. The number of methoxy groups -OCH3 is 1. The molecule has 3 saturated heterocycles. The standard InChI is InChI=1S/C23H31N5O2/c1-30-20-5-2-4-17(10-20)11-22-19-12-18(21-6-3-7-23(29)28(21)22)13-26(14-19)8-9-27-15-24-25-16-27/h2,4-5,10,15-16,18-19,21-22H,3,6-9,11-14H2,1H3/t18-,19+,21+,22+/m1/s1. The molecule has 1 amide bonds. The first-order valence-electron chi connectivity index (χ1n) is 11.2. The molecule has 3 aliphatic heterocycles. The number of benzene rings is 1. The molecule has 4 heterocycles. The summed E-state index contributed by atoms with van der Waals surface area (Å²) in [4.78, 5) is 17.9. The van der Waals surface area contributed by atoms with Gasteiger partial charge in [-0.05, 0) is 55.2 Å². The zero-order chi connectivity index (χ0) is 20.5. The van der Waals surface area contributed by atoms with E-state index in [-0.39, 0.29) is 6.04 Å². The van der Waals surface area contributed by atoms with Crippen LogP contribution in [0.5, 0.6) is 5.75 Å². The van der Waals surface area contributed by atoms with Gasteiger partial charge in [-0.3, -0.25) is 4.79 Å². The molecule has 30 heavy (non-hydrogen) atoms. The molecule has 3 fully saturated rings. The molecule has 4 atom stereocenters. The van der Waals surface area contributed by atoms with E-state index < -0.39 is 0 Å². The van der Waals surface area contributed by atoms with Gasteiger partial charge in [-0.2, -0.15) is 0 Å². The molecule has 0 aliphatic carbocycles. The second-order valence-electron chi connectivity index (χ2n) is 9.10. The molecule has 7 nitrogen and oxygen atoms in total. The van der Waals surface area contributed by atoms with E-state index in [9.17, 15) is 4.79 Å². The smallest absolute Gasteiger partial charge is 0.223 e. The molecule has 0 saturated carbocycles. The van der Waals surface area contributed by atoms with Crippen LogP contribution < -0.4 is 4.74 Å². The number of fused-ring (bicyclic) bond motifs is 4. The third-order valence-corrected chi connectivity index (χ3v) is 7.29. The third kappa shape index (κ3) is 3.83. The number of piperidine rings is 3. The minimum absolute atomic E-state index is 0.281. The minimum atomic E-state index is 0.281. The lowest BCUT2D eigenvalue weighted by Gasteiger charge is -2.57. The molecule has 2 bridgehead atoms. The van der Waals surface area contributed by atoms with Crippen LogP contribution in [-0.2, 0) is 17.8 Å². The highest BCUT2D eigenvalue weighted by Crippen LogP contribution is 2.42. The number of hydrogen-bond acceptors (Lipinski definition) is 5. The van der Waals surface area contributed by atoms with Gasteiger partial charge in [0.2, 0.25) is 5.91 Å².